The van der Waals surface area contributed by atoms with Crippen molar-refractivity contribution >= 4 is 0 Å². The molecule has 124 valence electrons. The highest BCUT2D eigenvalue weighted by Gasteiger charge is 2.37. The molecule has 0 unspecified atom stereocenters. The zero-order valence-corrected chi connectivity index (χ0v) is 14.0. The molecule has 24 heavy (non-hydrogen) atoms. The van der Waals surface area contributed by atoms with E-state index in [4.69, 9.17) is 19.2 Å². The topological polar surface area (TPSA) is 53.1 Å². The standard InChI is InChI=1S/C19H21N3O2/c1-19(9-10-19)8-6-17-20-18(14-7-11-24-13-14)21-22(17)15-4-3-5-16(12-15)23-2/h3-5,7,11-13H,6,8-10H2,1-2H3. The number of hydrogen-bond donors (Lipinski definition) is 0. The second kappa shape index (κ2) is 5.82. The van der Waals surface area contributed by atoms with Crippen LogP contribution in [0.25, 0.3) is 17.1 Å². The van der Waals surface area contributed by atoms with Crippen molar-refractivity contribution in [2.45, 2.75) is 32.6 Å². The van der Waals surface area contributed by atoms with E-state index >= 15 is 0 Å². The molecule has 0 radical (unpaired) electrons. The number of benzene rings is 1. The van der Waals surface area contributed by atoms with Gasteiger partial charge in [-0.2, -0.15) is 0 Å². The normalized spacial score (nSPS) is 15.4. The van der Waals surface area contributed by atoms with Crippen LogP contribution in [0.4, 0.5) is 0 Å². The molecule has 5 heteroatoms. The van der Waals surface area contributed by atoms with Crippen LogP contribution in [0.1, 0.15) is 32.0 Å². The summed E-state index contributed by atoms with van der Waals surface area (Å²) in [4.78, 5) is 4.77. The average molecular weight is 323 g/mol. The maximum Gasteiger partial charge on any atom is 0.185 e. The fourth-order valence-corrected chi connectivity index (χ4v) is 2.85. The van der Waals surface area contributed by atoms with E-state index in [1.165, 1.54) is 12.8 Å². The lowest BCUT2D eigenvalue weighted by Crippen LogP contribution is -2.06. The zero-order valence-electron chi connectivity index (χ0n) is 14.0. The van der Waals surface area contributed by atoms with Crippen molar-refractivity contribution in [2.24, 2.45) is 5.41 Å². The number of hydrogen-bond acceptors (Lipinski definition) is 4. The van der Waals surface area contributed by atoms with Crippen LogP contribution in [-0.2, 0) is 6.42 Å². The van der Waals surface area contributed by atoms with Gasteiger partial charge in [0.05, 0.1) is 24.6 Å². The number of aromatic nitrogens is 3. The fourth-order valence-electron chi connectivity index (χ4n) is 2.85. The van der Waals surface area contributed by atoms with Crippen molar-refractivity contribution in [3.63, 3.8) is 0 Å². The van der Waals surface area contributed by atoms with Crippen molar-refractivity contribution < 1.29 is 9.15 Å². The summed E-state index contributed by atoms with van der Waals surface area (Å²) in [6.45, 7) is 2.34. The van der Waals surface area contributed by atoms with Crippen LogP contribution in [0, 0.1) is 5.41 Å². The summed E-state index contributed by atoms with van der Waals surface area (Å²) in [5.74, 6) is 2.49. The van der Waals surface area contributed by atoms with Crippen molar-refractivity contribution in [1.29, 1.82) is 0 Å². The van der Waals surface area contributed by atoms with Crippen LogP contribution in [0.2, 0.25) is 0 Å². The molecule has 1 aromatic carbocycles. The molecule has 1 saturated carbocycles. The van der Waals surface area contributed by atoms with Gasteiger partial charge in [0.25, 0.3) is 0 Å². The highest BCUT2D eigenvalue weighted by Crippen LogP contribution is 2.48. The predicted molar refractivity (Wildman–Crippen MR) is 91.3 cm³/mol. The zero-order chi connectivity index (χ0) is 16.6. The third kappa shape index (κ3) is 2.94. The second-order valence-corrected chi connectivity index (χ2v) is 6.79. The van der Waals surface area contributed by atoms with Crippen LogP contribution in [0.3, 0.4) is 0 Å². The van der Waals surface area contributed by atoms with Gasteiger partial charge >= 0.3 is 0 Å². The Balaban J connectivity index is 1.71. The molecule has 2 aromatic heterocycles. The molecule has 1 aliphatic rings. The summed E-state index contributed by atoms with van der Waals surface area (Å²) < 4.78 is 12.4. The number of rotatable bonds is 6. The number of aryl methyl sites for hydroxylation is 1. The Morgan fingerprint density at radius 2 is 2.17 bits per heavy atom. The highest BCUT2D eigenvalue weighted by molar-refractivity contribution is 5.53. The highest BCUT2D eigenvalue weighted by atomic mass is 16.5. The number of nitrogens with zero attached hydrogens (tertiary/aromatic N) is 3. The molecule has 0 saturated heterocycles. The van der Waals surface area contributed by atoms with Crippen molar-refractivity contribution in [3.05, 3.63) is 48.7 Å². The van der Waals surface area contributed by atoms with Crippen molar-refractivity contribution in [2.75, 3.05) is 7.11 Å². The lowest BCUT2D eigenvalue weighted by molar-refractivity contribution is 0.414. The van der Waals surface area contributed by atoms with Gasteiger partial charge in [-0.3, -0.25) is 0 Å². The van der Waals surface area contributed by atoms with E-state index in [1.807, 2.05) is 35.0 Å². The lowest BCUT2D eigenvalue weighted by atomic mass is 10.0. The molecule has 3 aromatic rings. The monoisotopic (exact) mass is 323 g/mol. The summed E-state index contributed by atoms with van der Waals surface area (Å²) >= 11 is 0. The smallest absolute Gasteiger partial charge is 0.185 e. The van der Waals surface area contributed by atoms with Crippen molar-refractivity contribution in [1.82, 2.24) is 14.8 Å². The first kappa shape index (κ1) is 15.0. The summed E-state index contributed by atoms with van der Waals surface area (Å²) in [5.41, 5.74) is 2.35. The molecule has 4 rings (SSSR count). The summed E-state index contributed by atoms with van der Waals surface area (Å²) in [5, 5.41) is 4.71. The van der Waals surface area contributed by atoms with Gasteiger partial charge in [0.1, 0.15) is 17.8 Å². The van der Waals surface area contributed by atoms with E-state index in [1.54, 1.807) is 19.6 Å². The van der Waals surface area contributed by atoms with E-state index in [2.05, 4.69) is 6.92 Å². The molecule has 0 amide bonds. The number of furan rings is 1. The Morgan fingerprint density at radius 1 is 1.29 bits per heavy atom. The Kier molecular flexibility index (Phi) is 3.63. The van der Waals surface area contributed by atoms with E-state index in [0.29, 0.717) is 11.2 Å². The minimum atomic E-state index is 0.487. The van der Waals surface area contributed by atoms with Crippen LogP contribution in [0.5, 0.6) is 5.75 Å². The average Bonchev–Trinajstić information content (AvgIpc) is 3.04. The van der Waals surface area contributed by atoms with E-state index in [9.17, 15) is 0 Å². The molecule has 1 aliphatic carbocycles. The Morgan fingerprint density at radius 3 is 2.88 bits per heavy atom. The van der Waals surface area contributed by atoms with E-state index < -0.39 is 0 Å². The third-order valence-electron chi connectivity index (χ3n) is 4.81. The minimum Gasteiger partial charge on any atom is -0.497 e. The van der Waals surface area contributed by atoms with Gasteiger partial charge in [0.15, 0.2) is 5.82 Å². The Hall–Kier alpha value is -2.56. The van der Waals surface area contributed by atoms with Crippen LogP contribution in [-0.4, -0.2) is 21.9 Å². The molecular weight excluding hydrogens is 302 g/mol. The van der Waals surface area contributed by atoms with Gasteiger partial charge in [0.2, 0.25) is 0 Å². The maximum atomic E-state index is 5.34. The van der Waals surface area contributed by atoms with E-state index in [-0.39, 0.29) is 0 Å². The Bertz CT molecular complexity index is 832. The summed E-state index contributed by atoms with van der Waals surface area (Å²) in [6, 6.07) is 9.80. The van der Waals surface area contributed by atoms with Gasteiger partial charge in [-0.05, 0) is 42.9 Å². The summed E-state index contributed by atoms with van der Waals surface area (Å²) in [7, 11) is 1.67. The molecule has 5 nitrogen and oxygen atoms in total. The van der Waals surface area contributed by atoms with Gasteiger partial charge in [-0.1, -0.05) is 13.0 Å². The molecule has 2 heterocycles. The van der Waals surface area contributed by atoms with Crippen LogP contribution >= 0.6 is 0 Å². The molecular formula is C19H21N3O2. The van der Waals surface area contributed by atoms with Gasteiger partial charge in [0, 0.05) is 12.5 Å². The van der Waals surface area contributed by atoms with Crippen LogP contribution < -0.4 is 4.74 Å². The van der Waals surface area contributed by atoms with Gasteiger partial charge in [-0.15, -0.1) is 5.10 Å². The third-order valence-corrected chi connectivity index (χ3v) is 4.81. The Labute approximate surface area is 141 Å². The first-order valence-electron chi connectivity index (χ1n) is 8.30. The molecule has 1 fully saturated rings. The van der Waals surface area contributed by atoms with Crippen molar-refractivity contribution in [3.8, 4) is 22.8 Å². The fraction of sp³-hybridized carbons (Fsp3) is 0.368. The second-order valence-electron chi connectivity index (χ2n) is 6.79. The molecule has 0 N–H and O–H groups in total. The first-order valence-corrected chi connectivity index (χ1v) is 8.30. The maximum absolute atomic E-state index is 5.34. The number of ether oxygens (including phenoxy) is 1. The SMILES string of the molecule is COc1cccc(-n2nc(-c3ccoc3)nc2CCC2(C)CC2)c1. The molecule has 0 aliphatic heterocycles. The minimum absolute atomic E-state index is 0.487. The molecule has 0 spiro atoms. The lowest BCUT2D eigenvalue weighted by Gasteiger charge is -2.10. The quantitative estimate of drug-likeness (QED) is 0.680. The first-order chi connectivity index (χ1) is 11.7. The molecule has 0 bridgehead atoms. The van der Waals surface area contributed by atoms with E-state index in [0.717, 1.165) is 35.7 Å². The predicted octanol–water partition coefficient (Wildman–Crippen LogP) is 4.27. The number of methoxy groups -OCH3 is 1. The molecule has 0 atom stereocenters. The largest absolute Gasteiger partial charge is 0.497 e. The van der Waals surface area contributed by atoms with Gasteiger partial charge in [-0.25, -0.2) is 9.67 Å². The van der Waals surface area contributed by atoms with Crippen LogP contribution in [0.15, 0.2) is 47.3 Å². The summed E-state index contributed by atoms with van der Waals surface area (Å²) in [6.07, 6.45) is 8.01. The van der Waals surface area contributed by atoms with Gasteiger partial charge < -0.3 is 9.15 Å².